The van der Waals surface area contributed by atoms with Gasteiger partial charge in [-0.05, 0) is 18.1 Å². The monoisotopic (exact) mass is 305 g/mol. The Morgan fingerprint density at radius 3 is 2.18 bits per heavy atom. The van der Waals surface area contributed by atoms with Crippen LogP contribution in [0.3, 0.4) is 0 Å². The van der Waals surface area contributed by atoms with Gasteiger partial charge in [-0.2, -0.15) is 0 Å². The van der Waals surface area contributed by atoms with Crippen molar-refractivity contribution in [3.63, 3.8) is 0 Å². The third kappa shape index (κ3) is 3.90. The van der Waals surface area contributed by atoms with Gasteiger partial charge in [-0.25, -0.2) is 9.59 Å². The first kappa shape index (κ1) is 16.1. The summed E-state index contributed by atoms with van der Waals surface area (Å²) in [6.45, 7) is 6.24. The van der Waals surface area contributed by atoms with Gasteiger partial charge in [0.05, 0.1) is 0 Å². The van der Waals surface area contributed by atoms with Crippen LogP contribution in [0.1, 0.15) is 13.8 Å². The number of benzene rings is 1. The van der Waals surface area contributed by atoms with Crippen molar-refractivity contribution >= 4 is 17.7 Å². The molecule has 6 heteroatoms. The molecule has 0 saturated carbocycles. The molecule has 120 valence electrons. The summed E-state index contributed by atoms with van der Waals surface area (Å²) in [5.41, 5.74) is 1.15. The molecule has 1 aliphatic heterocycles. The molecule has 0 radical (unpaired) electrons. The van der Waals surface area contributed by atoms with Crippen LogP contribution in [-0.4, -0.2) is 54.2 Å². The van der Waals surface area contributed by atoms with E-state index >= 15 is 0 Å². The molecule has 0 unspecified atom stereocenters. The minimum atomic E-state index is -0.994. The lowest BCUT2D eigenvalue weighted by Gasteiger charge is -2.36. The van der Waals surface area contributed by atoms with Crippen LogP contribution in [0.4, 0.5) is 10.5 Å². The molecule has 2 amide bonds. The first-order chi connectivity index (χ1) is 10.5. The maximum atomic E-state index is 12.2. The average molecular weight is 305 g/mol. The Kier molecular flexibility index (Phi) is 5.25. The van der Waals surface area contributed by atoms with Crippen molar-refractivity contribution < 1.29 is 14.7 Å². The number of carboxylic acids is 1. The predicted octanol–water partition coefficient (Wildman–Crippen LogP) is 1.63. The zero-order valence-electron chi connectivity index (χ0n) is 13.0. The van der Waals surface area contributed by atoms with Gasteiger partial charge in [0, 0.05) is 31.9 Å². The van der Waals surface area contributed by atoms with Crippen LogP contribution in [0.15, 0.2) is 30.3 Å². The van der Waals surface area contributed by atoms with E-state index in [1.807, 2.05) is 18.2 Å². The molecule has 2 N–H and O–H groups in total. The summed E-state index contributed by atoms with van der Waals surface area (Å²) in [6.07, 6.45) is 0. The second-order valence-electron chi connectivity index (χ2n) is 5.82. The number of aliphatic carboxylic acids is 1. The lowest BCUT2D eigenvalue weighted by molar-refractivity contribution is -0.140. The summed E-state index contributed by atoms with van der Waals surface area (Å²) >= 11 is 0. The Hall–Kier alpha value is -2.24. The van der Waals surface area contributed by atoms with Crippen molar-refractivity contribution in [2.75, 3.05) is 31.1 Å². The topological polar surface area (TPSA) is 72.9 Å². The highest BCUT2D eigenvalue weighted by molar-refractivity contribution is 5.82. The smallest absolute Gasteiger partial charge is 0.326 e. The number of para-hydroxylation sites is 1. The van der Waals surface area contributed by atoms with E-state index in [9.17, 15) is 9.59 Å². The summed E-state index contributed by atoms with van der Waals surface area (Å²) in [5, 5.41) is 11.7. The highest BCUT2D eigenvalue weighted by Crippen LogP contribution is 2.15. The molecular weight excluding hydrogens is 282 g/mol. The Balaban J connectivity index is 1.88. The van der Waals surface area contributed by atoms with Gasteiger partial charge in [-0.1, -0.05) is 32.0 Å². The number of carbonyl (C=O) groups is 2. The van der Waals surface area contributed by atoms with Crippen molar-refractivity contribution in [1.29, 1.82) is 0 Å². The first-order valence-corrected chi connectivity index (χ1v) is 7.57. The number of amides is 2. The number of rotatable bonds is 4. The van der Waals surface area contributed by atoms with E-state index < -0.39 is 12.0 Å². The Morgan fingerprint density at radius 2 is 1.68 bits per heavy atom. The van der Waals surface area contributed by atoms with Crippen molar-refractivity contribution in [1.82, 2.24) is 10.2 Å². The molecule has 2 rings (SSSR count). The molecule has 1 aromatic carbocycles. The van der Waals surface area contributed by atoms with Gasteiger partial charge in [0.2, 0.25) is 0 Å². The highest BCUT2D eigenvalue weighted by Gasteiger charge is 2.27. The number of piperazine rings is 1. The molecule has 0 bridgehead atoms. The summed E-state index contributed by atoms with van der Waals surface area (Å²) in [6, 6.07) is 8.92. The first-order valence-electron chi connectivity index (χ1n) is 7.57. The molecule has 1 saturated heterocycles. The molecule has 1 heterocycles. The van der Waals surface area contributed by atoms with Crippen LogP contribution in [-0.2, 0) is 4.79 Å². The summed E-state index contributed by atoms with van der Waals surface area (Å²) < 4.78 is 0. The molecule has 1 fully saturated rings. The molecule has 0 aliphatic carbocycles. The minimum Gasteiger partial charge on any atom is -0.480 e. The molecule has 1 aliphatic rings. The number of hydrogen-bond donors (Lipinski definition) is 2. The van der Waals surface area contributed by atoms with Gasteiger partial charge in [0.25, 0.3) is 0 Å². The van der Waals surface area contributed by atoms with E-state index in [0.717, 1.165) is 18.8 Å². The maximum Gasteiger partial charge on any atom is 0.326 e. The van der Waals surface area contributed by atoms with E-state index in [1.165, 1.54) is 0 Å². The van der Waals surface area contributed by atoms with Crippen LogP contribution in [0.5, 0.6) is 0 Å². The fourth-order valence-corrected chi connectivity index (χ4v) is 2.54. The van der Waals surface area contributed by atoms with Crippen molar-refractivity contribution in [3.05, 3.63) is 30.3 Å². The standard InChI is InChI=1S/C16H23N3O3/c1-12(2)14(15(20)21)17-16(22)19-10-8-18(9-11-19)13-6-4-3-5-7-13/h3-7,12,14H,8-11H2,1-2H3,(H,17,22)(H,20,21)/t14-/m1/s1. The number of nitrogens with zero attached hydrogens (tertiary/aromatic N) is 2. The number of anilines is 1. The number of hydrogen-bond acceptors (Lipinski definition) is 3. The molecule has 1 atom stereocenters. The van der Waals surface area contributed by atoms with Gasteiger partial charge in [0.15, 0.2) is 0 Å². The van der Waals surface area contributed by atoms with Crippen LogP contribution in [0.25, 0.3) is 0 Å². The van der Waals surface area contributed by atoms with Gasteiger partial charge >= 0.3 is 12.0 Å². The van der Waals surface area contributed by atoms with E-state index in [4.69, 9.17) is 5.11 Å². The van der Waals surface area contributed by atoms with Gasteiger partial charge in [-0.3, -0.25) is 0 Å². The fourth-order valence-electron chi connectivity index (χ4n) is 2.54. The lowest BCUT2D eigenvalue weighted by atomic mass is 10.1. The molecule has 1 aromatic rings. The second kappa shape index (κ2) is 7.15. The van der Waals surface area contributed by atoms with Crippen molar-refractivity contribution in [3.8, 4) is 0 Å². The maximum absolute atomic E-state index is 12.2. The third-order valence-corrected chi connectivity index (χ3v) is 3.90. The minimum absolute atomic E-state index is 0.146. The molecule has 22 heavy (non-hydrogen) atoms. The van der Waals surface area contributed by atoms with E-state index in [-0.39, 0.29) is 11.9 Å². The van der Waals surface area contributed by atoms with Gasteiger partial charge in [-0.15, -0.1) is 0 Å². The second-order valence-corrected chi connectivity index (χ2v) is 5.82. The predicted molar refractivity (Wildman–Crippen MR) is 85.0 cm³/mol. The number of nitrogens with one attached hydrogen (secondary N) is 1. The molecule has 6 nitrogen and oxygen atoms in total. The van der Waals surface area contributed by atoms with Crippen LogP contribution >= 0.6 is 0 Å². The number of carbonyl (C=O) groups excluding carboxylic acids is 1. The average Bonchev–Trinajstić information content (AvgIpc) is 2.52. The largest absolute Gasteiger partial charge is 0.480 e. The summed E-state index contributed by atoms with van der Waals surface area (Å²) in [4.78, 5) is 27.2. The molecule has 0 aromatic heterocycles. The summed E-state index contributed by atoms with van der Waals surface area (Å²) in [5.74, 6) is -1.14. The van der Waals surface area contributed by atoms with Crippen LogP contribution in [0.2, 0.25) is 0 Å². The zero-order valence-corrected chi connectivity index (χ0v) is 13.0. The fraction of sp³-hybridized carbons (Fsp3) is 0.500. The third-order valence-electron chi connectivity index (χ3n) is 3.90. The molecule has 0 spiro atoms. The van der Waals surface area contributed by atoms with Crippen LogP contribution in [0, 0.1) is 5.92 Å². The Labute approximate surface area is 130 Å². The number of carboxylic acid groups (broad SMARTS) is 1. The van der Waals surface area contributed by atoms with E-state index in [1.54, 1.807) is 18.7 Å². The SMILES string of the molecule is CC(C)[C@@H](NC(=O)N1CCN(c2ccccc2)CC1)C(=O)O. The van der Waals surface area contributed by atoms with Gasteiger partial charge < -0.3 is 20.2 Å². The van der Waals surface area contributed by atoms with Crippen LogP contribution < -0.4 is 10.2 Å². The Morgan fingerprint density at radius 1 is 1.09 bits per heavy atom. The summed E-state index contributed by atoms with van der Waals surface area (Å²) in [7, 11) is 0. The van der Waals surface area contributed by atoms with Crippen molar-refractivity contribution in [2.24, 2.45) is 5.92 Å². The lowest BCUT2D eigenvalue weighted by Crippen LogP contribution is -2.55. The number of urea groups is 1. The Bertz CT molecular complexity index is 511. The van der Waals surface area contributed by atoms with E-state index in [2.05, 4.69) is 22.3 Å². The zero-order chi connectivity index (χ0) is 16.1. The quantitative estimate of drug-likeness (QED) is 0.887. The van der Waals surface area contributed by atoms with Gasteiger partial charge in [0.1, 0.15) is 6.04 Å². The highest BCUT2D eigenvalue weighted by atomic mass is 16.4. The van der Waals surface area contributed by atoms with Crippen molar-refractivity contribution in [2.45, 2.75) is 19.9 Å². The van der Waals surface area contributed by atoms with E-state index in [0.29, 0.717) is 13.1 Å². The molecular formula is C16H23N3O3. The normalized spacial score (nSPS) is 16.5.